The van der Waals surface area contributed by atoms with E-state index in [1.807, 2.05) is 31.2 Å². The number of esters is 1. The maximum atomic E-state index is 12.2. The smallest absolute Gasteiger partial charge is 0.349 e. The summed E-state index contributed by atoms with van der Waals surface area (Å²) < 4.78 is 21.2. The summed E-state index contributed by atoms with van der Waals surface area (Å²) in [6, 6.07) is 13.8. The normalized spacial score (nSPS) is 10.7. The van der Waals surface area contributed by atoms with Crippen LogP contribution in [0.3, 0.4) is 0 Å². The summed E-state index contributed by atoms with van der Waals surface area (Å²) in [7, 11) is 1.58. The summed E-state index contributed by atoms with van der Waals surface area (Å²) in [4.78, 5) is 36.6. The van der Waals surface area contributed by atoms with Gasteiger partial charge in [0.25, 0.3) is 5.91 Å². The summed E-state index contributed by atoms with van der Waals surface area (Å²) in [6.45, 7) is 3.26. The molecule has 2 aromatic carbocycles. The number of rotatable bonds is 11. The van der Waals surface area contributed by atoms with Crippen molar-refractivity contribution in [3.63, 3.8) is 0 Å². The number of ether oxygens (including phenoxy) is 3. The van der Waals surface area contributed by atoms with Crippen LogP contribution in [0.15, 0.2) is 57.7 Å². The van der Waals surface area contributed by atoms with Gasteiger partial charge in [-0.1, -0.05) is 12.1 Å². The lowest BCUT2D eigenvalue weighted by Crippen LogP contribution is -2.29. The Morgan fingerprint density at radius 2 is 1.85 bits per heavy atom. The molecule has 3 rings (SSSR count). The summed E-state index contributed by atoms with van der Waals surface area (Å²) in [6.07, 6.45) is 1.31. The topological polar surface area (TPSA) is 104 Å². The van der Waals surface area contributed by atoms with Gasteiger partial charge in [-0.05, 0) is 55.7 Å². The third-order valence-corrected chi connectivity index (χ3v) is 4.78. The van der Waals surface area contributed by atoms with Crippen molar-refractivity contribution in [2.75, 3.05) is 26.9 Å². The minimum atomic E-state index is -0.761. The molecule has 174 valence electrons. The van der Waals surface area contributed by atoms with Crippen molar-refractivity contribution < 1.29 is 28.2 Å². The van der Waals surface area contributed by atoms with Crippen molar-refractivity contribution in [1.82, 2.24) is 5.32 Å². The molecular weight excluding hydrogens is 426 g/mol. The first-order valence-electron chi connectivity index (χ1n) is 10.7. The molecule has 0 spiro atoms. The second-order valence-electron chi connectivity index (χ2n) is 7.49. The number of amides is 1. The predicted octanol–water partition coefficient (Wildman–Crippen LogP) is 3.63. The Morgan fingerprint density at radius 1 is 1.00 bits per heavy atom. The molecule has 1 aromatic heterocycles. The molecule has 33 heavy (non-hydrogen) atoms. The summed E-state index contributed by atoms with van der Waals surface area (Å²) in [5.74, 6) is 0.0877. The Hall–Kier alpha value is -3.65. The van der Waals surface area contributed by atoms with E-state index >= 15 is 0 Å². The SMILES string of the molecule is COCCCNC(=O)c1cc2ccc(OC(=O)CCCOc3cccc(C)c3)cc2oc1=O. The first kappa shape index (κ1) is 24.0. The fourth-order valence-corrected chi connectivity index (χ4v) is 3.12. The Balaban J connectivity index is 1.54. The number of methoxy groups -OCH3 is 1. The second kappa shape index (κ2) is 11.8. The third kappa shape index (κ3) is 7.18. The molecule has 0 aliphatic rings. The largest absolute Gasteiger partial charge is 0.494 e. The van der Waals surface area contributed by atoms with Crippen LogP contribution < -0.4 is 20.4 Å². The van der Waals surface area contributed by atoms with Gasteiger partial charge in [0, 0.05) is 38.1 Å². The van der Waals surface area contributed by atoms with Gasteiger partial charge >= 0.3 is 11.6 Å². The van der Waals surface area contributed by atoms with Crippen LogP contribution in [0.1, 0.15) is 35.2 Å². The van der Waals surface area contributed by atoms with E-state index in [9.17, 15) is 14.4 Å². The molecule has 0 unspecified atom stereocenters. The third-order valence-electron chi connectivity index (χ3n) is 4.78. The van der Waals surface area contributed by atoms with Crippen molar-refractivity contribution in [3.8, 4) is 11.5 Å². The molecule has 1 amide bonds. The Kier molecular flexibility index (Phi) is 8.60. The molecule has 0 fully saturated rings. The standard InChI is InChI=1S/C25H27NO7/c1-17-6-3-7-19(14-17)31-13-4-8-23(27)32-20-10-9-18-15-21(25(29)33-22(18)16-20)24(28)26-11-5-12-30-2/h3,6-7,9-10,14-16H,4-5,8,11-13H2,1-2H3,(H,26,28). The Bertz CT molecular complexity index is 1170. The van der Waals surface area contributed by atoms with Gasteiger partial charge in [-0.2, -0.15) is 0 Å². The number of aryl methyl sites for hydroxylation is 1. The molecule has 0 aliphatic heterocycles. The van der Waals surface area contributed by atoms with E-state index in [-0.39, 0.29) is 23.3 Å². The number of hydrogen-bond acceptors (Lipinski definition) is 7. The molecule has 8 nitrogen and oxygen atoms in total. The first-order chi connectivity index (χ1) is 16.0. The number of nitrogens with one attached hydrogen (secondary N) is 1. The van der Waals surface area contributed by atoms with Gasteiger partial charge in [-0.25, -0.2) is 4.79 Å². The number of hydrogen-bond donors (Lipinski definition) is 1. The van der Waals surface area contributed by atoms with Gasteiger partial charge in [0.1, 0.15) is 22.6 Å². The van der Waals surface area contributed by atoms with Gasteiger partial charge in [-0.15, -0.1) is 0 Å². The molecule has 0 saturated carbocycles. The number of carbonyl (C=O) groups is 2. The zero-order chi connectivity index (χ0) is 23.6. The molecule has 0 aliphatic carbocycles. The predicted molar refractivity (Wildman–Crippen MR) is 123 cm³/mol. The molecule has 1 heterocycles. The molecule has 8 heteroatoms. The van der Waals surface area contributed by atoms with Crippen molar-refractivity contribution in [3.05, 3.63) is 70.1 Å². The van der Waals surface area contributed by atoms with Crippen LogP contribution in [-0.2, 0) is 9.53 Å². The van der Waals surface area contributed by atoms with Crippen LogP contribution in [0.2, 0.25) is 0 Å². The number of fused-ring (bicyclic) bond motifs is 1. The van der Waals surface area contributed by atoms with Gasteiger partial charge in [0.05, 0.1) is 6.61 Å². The van der Waals surface area contributed by atoms with Crippen molar-refractivity contribution in [1.29, 1.82) is 0 Å². The zero-order valence-corrected chi connectivity index (χ0v) is 18.7. The molecule has 0 saturated heterocycles. The average Bonchev–Trinajstić information content (AvgIpc) is 2.79. The monoisotopic (exact) mass is 453 g/mol. The van der Waals surface area contributed by atoms with Gasteiger partial charge in [0.2, 0.25) is 0 Å². The second-order valence-corrected chi connectivity index (χ2v) is 7.49. The fraction of sp³-hybridized carbons (Fsp3) is 0.320. The highest BCUT2D eigenvalue weighted by atomic mass is 16.5. The van der Waals surface area contributed by atoms with Crippen LogP contribution in [0, 0.1) is 6.92 Å². The number of benzene rings is 2. The zero-order valence-electron chi connectivity index (χ0n) is 18.7. The average molecular weight is 453 g/mol. The molecule has 3 aromatic rings. The van der Waals surface area contributed by atoms with Crippen LogP contribution in [0.5, 0.6) is 11.5 Å². The lowest BCUT2D eigenvalue weighted by Gasteiger charge is -2.08. The highest BCUT2D eigenvalue weighted by Gasteiger charge is 2.14. The quantitative estimate of drug-likeness (QED) is 0.205. The molecule has 1 N–H and O–H groups in total. The van der Waals surface area contributed by atoms with E-state index in [1.165, 1.54) is 12.1 Å². The molecule has 0 bridgehead atoms. The minimum Gasteiger partial charge on any atom is -0.494 e. The maximum Gasteiger partial charge on any atom is 0.349 e. The number of carbonyl (C=O) groups excluding carboxylic acids is 2. The van der Waals surface area contributed by atoms with Gasteiger partial charge in [0.15, 0.2) is 0 Å². The maximum absolute atomic E-state index is 12.2. The molecule has 0 radical (unpaired) electrons. The van der Waals surface area contributed by atoms with E-state index in [0.717, 1.165) is 11.3 Å². The van der Waals surface area contributed by atoms with Crippen LogP contribution in [0.4, 0.5) is 0 Å². The van der Waals surface area contributed by atoms with E-state index in [0.29, 0.717) is 38.0 Å². The molecule has 0 atom stereocenters. The van der Waals surface area contributed by atoms with Gasteiger partial charge in [-0.3, -0.25) is 9.59 Å². The lowest BCUT2D eigenvalue weighted by molar-refractivity contribution is -0.134. The Labute approximate surface area is 191 Å². The minimum absolute atomic E-state index is 0.0849. The van der Waals surface area contributed by atoms with Crippen LogP contribution in [0.25, 0.3) is 11.0 Å². The summed E-state index contributed by atoms with van der Waals surface area (Å²) in [5.41, 5.74) is 0.482. The summed E-state index contributed by atoms with van der Waals surface area (Å²) >= 11 is 0. The van der Waals surface area contributed by atoms with Crippen molar-refractivity contribution in [2.45, 2.75) is 26.2 Å². The lowest BCUT2D eigenvalue weighted by atomic mass is 10.1. The van der Waals surface area contributed by atoms with Gasteiger partial charge < -0.3 is 23.9 Å². The Morgan fingerprint density at radius 3 is 2.64 bits per heavy atom. The van der Waals surface area contributed by atoms with E-state index in [4.69, 9.17) is 18.6 Å². The van der Waals surface area contributed by atoms with E-state index < -0.39 is 17.5 Å². The highest BCUT2D eigenvalue weighted by Crippen LogP contribution is 2.21. The first-order valence-corrected chi connectivity index (χ1v) is 10.7. The van der Waals surface area contributed by atoms with E-state index in [1.54, 1.807) is 19.2 Å². The highest BCUT2D eigenvalue weighted by molar-refractivity contribution is 5.96. The van der Waals surface area contributed by atoms with E-state index in [2.05, 4.69) is 5.32 Å². The fourth-order valence-electron chi connectivity index (χ4n) is 3.12. The molecular formula is C25H27NO7. The van der Waals surface area contributed by atoms with Crippen molar-refractivity contribution >= 4 is 22.8 Å². The van der Waals surface area contributed by atoms with Crippen LogP contribution in [-0.4, -0.2) is 38.7 Å². The van der Waals surface area contributed by atoms with Crippen LogP contribution >= 0.6 is 0 Å². The summed E-state index contributed by atoms with van der Waals surface area (Å²) in [5, 5.41) is 3.20. The van der Waals surface area contributed by atoms with Crippen molar-refractivity contribution in [2.24, 2.45) is 0 Å².